The second kappa shape index (κ2) is 7.53. The van der Waals surface area contributed by atoms with Crippen molar-refractivity contribution in [3.8, 4) is 0 Å². The molecule has 0 bridgehead atoms. The maximum absolute atomic E-state index is 2.71. The van der Waals surface area contributed by atoms with Gasteiger partial charge in [-0.3, -0.25) is 4.90 Å². The van der Waals surface area contributed by atoms with Crippen LogP contribution in [0, 0.1) is 5.41 Å². The third-order valence-electron chi connectivity index (χ3n) is 5.70. The van der Waals surface area contributed by atoms with Gasteiger partial charge in [0.1, 0.15) is 0 Å². The van der Waals surface area contributed by atoms with Crippen molar-refractivity contribution in [3.63, 3.8) is 0 Å². The lowest BCUT2D eigenvalue weighted by atomic mass is 9.68. The molecule has 0 aromatic heterocycles. The number of rotatable bonds is 5. The van der Waals surface area contributed by atoms with Crippen molar-refractivity contribution < 1.29 is 0 Å². The highest BCUT2D eigenvalue weighted by molar-refractivity contribution is 5.30. The van der Waals surface area contributed by atoms with E-state index in [4.69, 9.17) is 0 Å². The van der Waals surface area contributed by atoms with Gasteiger partial charge in [0, 0.05) is 18.5 Å². The van der Waals surface area contributed by atoms with Crippen LogP contribution in [0.5, 0.6) is 0 Å². The van der Waals surface area contributed by atoms with Gasteiger partial charge in [0.15, 0.2) is 0 Å². The molecule has 0 N–H and O–H groups in total. The third kappa shape index (κ3) is 3.57. The first-order valence-electron chi connectivity index (χ1n) is 9.51. The Bertz CT molecular complexity index is 621. The maximum atomic E-state index is 2.71. The van der Waals surface area contributed by atoms with Gasteiger partial charge in [-0.1, -0.05) is 87.9 Å². The number of nitrogens with zero attached hydrogens (tertiary/aromatic N) is 1. The Morgan fingerprint density at radius 2 is 1.50 bits per heavy atom. The van der Waals surface area contributed by atoms with E-state index in [9.17, 15) is 0 Å². The second-order valence-corrected chi connectivity index (χ2v) is 7.70. The predicted molar refractivity (Wildman–Crippen MR) is 103 cm³/mol. The van der Waals surface area contributed by atoms with E-state index in [1.807, 2.05) is 0 Å². The van der Waals surface area contributed by atoms with Crippen LogP contribution in [-0.2, 0) is 0 Å². The van der Waals surface area contributed by atoms with E-state index in [0.717, 1.165) is 6.54 Å². The summed E-state index contributed by atoms with van der Waals surface area (Å²) in [6.45, 7) is 9.46. The van der Waals surface area contributed by atoms with Gasteiger partial charge >= 0.3 is 0 Å². The molecule has 1 heterocycles. The zero-order chi connectivity index (χ0) is 17.0. The highest BCUT2D eigenvalue weighted by Crippen LogP contribution is 2.50. The van der Waals surface area contributed by atoms with E-state index in [2.05, 4.69) is 86.3 Å². The fourth-order valence-corrected chi connectivity index (χ4v) is 4.74. The van der Waals surface area contributed by atoms with E-state index >= 15 is 0 Å². The van der Waals surface area contributed by atoms with Crippen molar-refractivity contribution in [2.75, 3.05) is 13.1 Å². The normalized spacial score (nSPS) is 28.0. The quantitative estimate of drug-likeness (QED) is 0.648. The van der Waals surface area contributed by atoms with E-state index < -0.39 is 0 Å². The molecule has 0 amide bonds. The summed E-state index contributed by atoms with van der Waals surface area (Å²) in [6, 6.07) is 22.8. The van der Waals surface area contributed by atoms with E-state index in [-0.39, 0.29) is 0 Å². The molecule has 3 atom stereocenters. The summed E-state index contributed by atoms with van der Waals surface area (Å²) in [7, 11) is 0. The summed E-state index contributed by atoms with van der Waals surface area (Å²) in [5, 5.41) is 0. The number of likely N-dealkylation sites (tertiary alicyclic amines) is 1. The minimum atomic E-state index is 0.413. The van der Waals surface area contributed by atoms with Gasteiger partial charge in [-0.15, -0.1) is 0 Å². The Morgan fingerprint density at radius 1 is 0.917 bits per heavy atom. The predicted octanol–water partition coefficient (Wildman–Crippen LogP) is 6.04. The molecule has 3 rings (SSSR count). The van der Waals surface area contributed by atoms with Crippen LogP contribution >= 0.6 is 0 Å². The molecule has 0 spiro atoms. The first kappa shape index (κ1) is 17.2. The fraction of sp³-hybridized carbons (Fsp3) is 0.478. The number of hydrogen-bond donors (Lipinski definition) is 0. The molecule has 2 aromatic rings. The summed E-state index contributed by atoms with van der Waals surface area (Å²) in [5.41, 5.74) is 3.37. The topological polar surface area (TPSA) is 3.24 Å². The maximum Gasteiger partial charge on any atom is 0.0416 e. The van der Waals surface area contributed by atoms with Crippen molar-refractivity contribution in [2.24, 2.45) is 5.41 Å². The van der Waals surface area contributed by atoms with Crippen LogP contribution in [0.25, 0.3) is 0 Å². The van der Waals surface area contributed by atoms with Crippen molar-refractivity contribution in [1.29, 1.82) is 0 Å². The first-order chi connectivity index (χ1) is 11.7. The molecule has 0 saturated carbocycles. The highest BCUT2D eigenvalue weighted by atomic mass is 15.2. The molecule has 1 fully saturated rings. The van der Waals surface area contributed by atoms with Crippen LogP contribution in [0.2, 0.25) is 0 Å². The zero-order valence-corrected chi connectivity index (χ0v) is 15.4. The van der Waals surface area contributed by atoms with Crippen LogP contribution in [0.3, 0.4) is 0 Å². The standard InChI is InChI=1S/C23H31N/c1-4-16-23(3)17-21(19-12-8-6-9-13-19)22(24(5-2)18-23)20-14-10-7-11-15-20/h6-15,21-22H,4-5,16-18H2,1-3H3. The van der Waals surface area contributed by atoms with Crippen LogP contribution in [-0.4, -0.2) is 18.0 Å². The van der Waals surface area contributed by atoms with Crippen molar-refractivity contribution in [2.45, 2.75) is 52.0 Å². The fourth-order valence-electron chi connectivity index (χ4n) is 4.74. The first-order valence-corrected chi connectivity index (χ1v) is 9.51. The van der Waals surface area contributed by atoms with Gasteiger partial charge in [0.25, 0.3) is 0 Å². The number of benzene rings is 2. The summed E-state index contributed by atoms with van der Waals surface area (Å²) in [4.78, 5) is 2.71. The van der Waals surface area contributed by atoms with E-state index in [0.29, 0.717) is 17.4 Å². The Labute approximate surface area is 147 Å². The van der Waals surface area contributed by atoms with Gasteiger partial charge in [-0.2, -0.15) is 0 Å². The summed E-state index contributed by atoms with van der Waals surface area (Å²) in [6.07, 6.45) is 3.86. The summed E-state index contributed by atoms with van der Waals surface area (Å²) < 4.78 is 0. The van der Waals surface area contributed by atoms with Gasteiger partial charge < -0.3 is 0 Å². The molecule has 1 heteroatoms. The average Bonchev–Trinajstić information content (AvgIpc) is 2.62. The van der Waals surface area contributed by atoms with E-state index in [1.54, 1.807) is 0 Å². The monoisotopic (exact) mass is 321 g/mol. The largest absolute Gasteiger partial charge is 0.295 e. The smallest absolute Gasteiger partial charge is 0.0416 e. The van der Waals surface area contributed by atoms with Gasteiger partial charge in [-0.25, -0.2) is 0 Å². The molecule has 24 heavy (non-hydrogen) atoms. The van der Waals surface area contributed by atoms with Gasteiger partial charge in [-0.05, 0) is 35.9 Å². The number of piperidine rings is 1. The SMILES string of the molecule is CCCC1(C)CC(c2ccccc2)C(c2ccccc2)N(CC)C1. The lowest BCUT2D eigenvalue weighted by Gasteiger charge is -2.50. The van der Waals surface area contributed by atoms with Crippen molar-refractivity contribution in [1.82, 2.24) is 4.90 Å². The van der Waals surface area contributed by atoms with Crippen LogP contribution in [0.1, 0.15) is 63.1 Å². The van der Waals surface area contributed by atoms with E-state index in [1.165, 1.54) is 36.9 Å². The molecule has 2 aromatic carbocycles. The average molecular weight is 322 g/mol. The summed E-state index contributed by atoms with van der Waals surface area (Å²) >= 11 is 0. The highest BCUT2D eigenvalue weighted by Gasteiger charge is 2.42. The van der Waals surface area contributed by atoms with Crippen molar-refractivity contribution in [3.05, 3.63) is 71.8 Å². The minimum Gasteiger partial charge on any atom is -0.295 e. The van der Waals surface area contributed by atoms with Crippen LogP contribution < -0.4 is 0 Å². The molecule has 128 valence electrons. The third-order valence-corrected chi connectivity index (χ3v) is 5.70. The Hall–Kier alpha value is -1.60. The lowest BCUT2D eigenvalue weighted by Crippen LogP contribution is -2.47. The number of hydrogen-bond acceptors (Lipinski definition) is 1. The zero-order valence-electron chi connectivity index (χ0n) is 15.4. The lowest BCUT2D eigenvalue weighted by molar-refractivity contribution is 0.0314. The molecule has 1 saturated heterocycles. The molecule has 0 aliphatic carbocycles. The molecular formula is C23H31N. The molecule has 1 nitrogen and oxygen atoms in total. The second-order valence-electron chi connectivity index (χ2n) is 7.70. The Morgan fingerprint density at radius 3 is 2.04 bits per heavy atom. The molecule has 1 aliphatic heterocycles. The van der Waals surface area contributed by atoms with Crippen LogP contribution in [0.15, 0.2) is 60.7 Å². The molecular weight excluding hydrogens is 290 g/mol. The van der Waals surface area contributed by atoms with Crippen molar-refractivity contribution >= 4 is 0 Å². The Balaban J connectivity index is 2.03. The van der Waals surface area contributed by atoms with Gasteiger partial charge in [0.2, 0.25) is 0 Å². The minimum absolute atomic E-state index is 0.413. The van der Waals surface area contributed by atoms with Crippen LogP contribution in [0.4, 0.5) is 0 Å². The van der Waals surface area contributed by atoms with Gasteiger partial charge in [0.05, 0.1) is 0 Å². The number of likely N-dealkylation sites (N-methyl/N-ethyl adjacent to an activating group) is 1. The molecule has 3 unspecified atom stereocenters. The molecule has 1 aliphatic rings. The summed E-state index contributed by atoms with van der Waals surface area (Å²) in [5.74, 6) is 0.568. The molecule has 0 radical (unpaired) electrons. The Kier molecular flexibility index (Phi) is 5.40.